The second-order valence-electron chi connectivity index (χ2n) is 9.18. The summed E-state index contributed by atoms with van der Waals surface area (Å²) >= 11 is 0. The average Bonchev–Trinajstić information content (AvgIpc) is 2.83. The second-order valence-corrected chi connectivity index (χ2v) is 9.18. The molecule has 35 heavy (non-hydrogen) atoms. The Morgan fingerprint density at radius 1 is 0.886 bits per heavy atom. The van der Waals surface area contributed by atoms with Crippen LogP contribution >= 0.6 is 0 Å². The Morgan fingerprint density at radius 2 is 1.46 bits per heavy atom. The van der Waals surface area contributed by atoms with Crippen molar-refractivity contribution >= 4 is 34.7 Å². The summed E-state index contributed by atoms with van der Waals surface area (Å²) in [6, 6.07) is 10.2. The highest BCUT2D eigenvalue weighted by molar-refractivity contribution is 5.99. The SMILES string of the molecule is COC(=O)c1ccc2cc(C(=O)OCN3CCN(C(=O)CNC(=O)OC(C)(C)C)CC3)ccc2c1. The van der Waals surface area contributed by atoms with Gasteiger partial charge in [-0.1, -0.05) is 12.1 Å². The molecule has 1 N–H and O–H groups in total. The number of nitrogens with one attached hydrogen (secondary N) is 1. The number of carbonyl (C=O) groups is 4. The minimum atomic E-state index is -0.631. The zero-order valence-corrected chi connectivity index (χ0v) is 20.5. The standard InChI is InChI=1S/C25H31N3O7/c1-25(2,3)35-24(32)26-15-21(29)28-11-9-27(10-12-28)16-34-23(31)20-8-6-17-13-19(22(30)33-4)7-5-18(17)14-20/h5-8,13-14H,9-12,15-16H2,1-4H3,(H,26,32). The number of esters is 2. The van der Waals surface area contributed by atoms with Crippen LogP contribution in [0.5, 0.6) is 0 Å². The maximum atomic E-state index is 12.5. The van der Waals surface area contributed by atoms with Crippen LogP contribution in [0, 0.1) is 0 Å². The van der Waals surface area contributed by atoms with Gasteiger partial charge in [0, 0.05) is 26.2 Å². The number of piperazine rings is 1. The number of nitrogens with zero attached hydrogens (tertiary/aromatic N) is 2. The summed E-state index contributed by atoms with van der Waals surface area (Å²) in [4.78, 5) is 51.9. The number of rotatable bonds is 6. The number of amides is 2. The molecule has 10 heteroatoms. The van der Waals surface area contributed by atoms with E-state index < -0.39 is 23.6 Å². The minimum Gasteiger partial charge on any atom is -0.465 e. The number of benzene rings is 2. The Morgan fingerprint density at radius 3 is 2.00 bits per heavy atom. The number of hydrogen-bond acceptors (Lipinski definition) is 8. The summed E-state index contributed by atoms with van der Waals surface area (Å²) in [6.45, 7) is 7.24. The van der Waals surface area contributed by atoms with Crippen LogP contribution in [0.3, 0.4) is 0 Å². The largest absolute Gasteiger partial charge is 0.465 e. The molecule has 0 unspecified atom stereocenters. The van der Waals surface area contributed by atoms with Gasteiger partial charge >= 0.3 is 18.0 Å². The molecule has 0 radical (unpaired) electrons. The molecule has 10 nitrogen and oxygen atoms in total. The van der Waals surface area contributed by atoms with Crippen LogP contribution in [0.1, 0.15) is 41.5 Å². The summed E-state index contributed by atoms with van der Waals surface area (Å²) < 4.78 is 15.3. The van der Waals surface area contributed by atoms with E-state index in [0.29, 0.717) is 37.3 Å². The molecule has 0 spiro atoms. The zero-order chi connectivity index (χ0) is 25.6. The molecule has 2 aromatic rings. The van der Waals surface area contributed by atoms with Crippen LogP contribution in [0.4, 0.5) is 4.79 Å². The van der Waals surface area contributed by atoms with E-state index in [-0.39, 0.29) is 19.2 Å². The molecular weight excluding hydrogens is 454 g/mol. The summed E-state index contributed by atoms with van der Waals surface area (Å²) in [5.74, 6) is -1.07. The molecule has 188 valence electrons. The fraction of sp³-hybridized carbons (Fsp3) is 0.440. The summed E-state index contributed by atoms with van der Waals surface area (Å²) in [6.07, 6.45) is -0.631. The molecule has 1 aliphatic rings. The molecule has 2 amide bonds. The smallest absolute Gasteiger partial charge is 0.408 e. The first kappa shape index (κ1) is 26.0. The summed E-state index contributed by atoms with van der Waals surface area (Å²) in [5.41, 5.74) is 0.218. The molecule has 1 saturated heterocycles. The normalized spacial score (nSPS) is 14.3. The van der Waals surface area contributed by atoms with Gasteiger partial charge in [-0.2, -0.15) is 0 Å². The first-order valence-electron chi connectivity index (χ1n) is 11.3. The molecule has 1 aliphatic heterocycles. The van der Waals surface area contributed by atoms with E-state index in [4.69, 9.17) is 14.2 Å². The molecule has 0 saturated carbocycles. The number of hydrogen-bond donors (Lipinski definition) is 1. The van der Waals surface area contributed by atoms with E-state index in [0.717, 1.165) is 10.8 Å². The van der Waals surface area contributed by atoms with Gasteiger partial charge in [0.05, 0.1) is 18.2 Å². The van der Waals surface area contributed by atoms with Gasteiger partial charge in [0.25, 0.3) is 0 Å². The number of ether oxygens (including phenoxy) is 3. The molecule has 2 aromatic carbocycles. The number of carbonyl (C=O) groups excluding carboxylic acids is 4. The predicted octanol–water partition coefficient (Wildman–Crippen LogP) is 2.41. The van der Waals surface area contributed by atoms with Crippen molar-refractivity contribution in [2.24, 2.45) is 0 Å². The fourth-order valence-electron chi connectivity index (χ4n) is 3.55. The average molecular weight is 486 g/mol. The van der Waals surface area contributed by atoms with Gasteiger partial charge in [-0.15, -0.1) is 0 Å². The lowest BCUT2D eigenvalue weighted by atomic mass is 10.0. The van der Waals surface area contributed by atoms with Gasteiger partial charge < -0.3 is 24.4 Å². The van der Waals surface area contributed by atoms with Crippen molar-refractivity contribution in [1.82, 2.24) is 15.1 Å². The minimum absolute atomic E-state index is 0.107. The first-order valence-corrected chi connectivity index (χ1v) is 11.3. The lowest BCUT2D eigenvalue weighted by Crippen LogP contribution is -2.51. The van der Waals surface area contributed by atoms with Crippen molar-refractivity contribution in [2.45, 2.75) is 26.4 Å². The van der Waals surface area contributed by atoms with Crippen molar-refractivity contribution < 1.29 is 33.4 Å². The predicted molar refractivity (Wildman–Crippen MR) is 128 cm³/mol. The Labute approximate surface area is 204 Å². The Hall–Kier alpha value is -3.66. The van der Waals surface area contributed by atoms with Gasteiger partial charge in [-0.3, -0.25) is 9.69 Å². The molecule has 1 heterocycles. The fourth-order valence-corrected chi connectivity index (χ4v) is 3.55. The van der Waals surface area contributed by atoms with Crippen molar-refractivity contribution in [3.05, 3.63) is 47.5 Å². The summed E-state index contributed by atoms with van der Waals surface area (Å²) in [5, 5.41) is 4.09. The highest BCUT2D eigenvalue weighted by Crippen LogP contribution is 2.19. The maximum absolute atomic E-state index is 12.5. The number of alkyl carbamates (subject to hydrolysis) is 1. The lowest BCUT2D eigenvalue weighted by Gasteiger charge is -2.34. The summed E-state index contributed by atoms with van der Waals surface area (Å²) in [7, 11) is 1.33. The maximum Gasteiger partial charge on any atom is 0.408 e. The van der Waals surface area contributed by atoms with Gasteiger partial charge in [-0.05, 0) is 55.8 Å². The monoisotopic (exact) mass is 485 g/mol. The van der Waals surface area contributed by atoms with Crippen LogP contribution in [-0.2, 0) is 19.0 Å². The van der Waals surface area contributed by atoms with Crippen molar-refractivity contribution in [3.8, 4) is 0 Å². The van der Waals surface area contributed by atoms with Gasteiger partial charge in [0.15, 0.2) is 0 Å². The van der Waals surface area contributed by atoms with E-state index in [1.54, 1.807) is 62.1 Å². The van der Waals surface area contributed by atoms with Crippen LogP contribution in [-0.4, -0.2) is 85.9 Å². The third kappa shape index (κ3) is 7.41. The van der Waals surface area contributed by atoms with E-state index >= 15 is 0 Å². The highest BCUT2D eigenvalue weighted by atomic mass is 16.6. The molecule has 0 aromatic heterocycles. The van der Waals surface area contributed by atoms with E-state index in [1.807, 2.05) is 4.90 Å². The third-order valence-electron chi connectivity index (χ3n) is 5.38. The Kier molecular flexibility index (Phi) is 8.29. The third-order valence-corrected chi connectivity index (χ3v) is 5.38. The number of fused-ring (bicyclic) bond motifs is 1. The van der Waals surface area contributed by atoms with Crippen molar-refractivity contribution in [3.63, 3.8) is 0 Å². The van der Waals surface area contributed by atoms with Crippen molar-refractivity contribution in [1.29, 1.82) is 0 Å². The topological polar surface area (TPSA) is 114 Å². The molecule has 1 fully saturated rings. The Bertz CT molecular complexity index is 1100. The Balaban J connectivity index is 1.44. The molecule has 0 atom stereocenters. The van der Waals surface area contributed by atoms with E-state index in [1.165, 1.54) is 7.11 Å². The molecule has 0 bridgehead atoms. The van der Waals surface area contributed by atoms with Crippen LogP contribution < -0.4 is 5.32 Å². The van der Waals surface area contributed by atoms with Gasteiger partial charge in [-0.25, -0.2) is 14.4 Å². The molecule has 0 aliphatic carbocycles. The van der Waals surface area contributed by atoms with Crippen LogP contribution in [0.2, 0.25) is 0 Å². The highest BCUT2D eigenvalue weighted by Gasteiger charge is 2.23. The zero-order valence-electron chi connectivity index (χ0n) is 20.5. The second kappa shape index (κ2) is 11.2. The lowest BCUT2D eigenvalue weighted by molar-refractivity contribution is -0.132. The van der Waals surface area contributed by atoms with Crippen LogP contribution in [0.15, 0.2) is 36.4 Å². The quantitative estimate of drug-likeness (QED) is 0.490. The van der Waals surface area contributed by atoms with Gasteiger partial charge in [0.1, 0.15) is 18.9 Å². The first-order chi connectivity index (χ1) is 16.6. The van der Waals surface area contributed by atoms with E-state index in [2.05, 4.69) is 5.32 Å². The van der Waals surface area contributed by atoms with Gasteiger partial charge in [0.2, 0.25) is 5.91 Å². The van der Waals surface area contributed by atoms with Crippen molar-refractivity contribution in [2.75, 3.05) is 46.6 Å². The van der Waals surface area contributed by atoms with E-state index in [9.17, 15) is 19.2 Å². The number of methoxy groups -OCH3 is 1. The molecular formula is C25H31N3O7. The molecule has 3 rings (SSSR count). The van der Waals surface area contributed by atoms with Crippen LogP contribution in [0.25, 0.3) is 10.8 Å².